The molecule has 0 aromatic heterocycles. The standard InChI is InChI=1S/C12H10F2O4/c1-17-11(15)9(12(16)18-2)5-7-3-4-8(13)6-10(7)14/h3-6H,1-2H3. The molecule has 0 aliphatic rings. The van der Waals surface area contributed by atoms with Gasteiger partial charge >= 0.3 is 11.9 Å². The molecule has 0 saturated carbocycles. The lowest BCUT2D eigenvalue weighted by Crippen LogP contribution is -2.15. The van der Waals surface area contributed by atoms with Crippen molar-refractivity contribution in [2.45, 2.75) is 0 Å². The third-order valence-electron chi connectivity index (χ3n) is 2.07. The van der Waals surface area contributed by atoms with Crippen LogP contribution in [0.15, 0.2) is 23.8 Å². The molecule has 6 heteroatoms. The van der Waals surface area contributed by atoms with Gasteiger partial charge in [0.1, 0.15) is 17.2 Å². The smallest absolute Gasteiger partial charge is 0.345 e. The van der Waals surface area contributed by atoms with Gasteiger partial charge in [0.15, 0.2) is 0 Å². The van der Waals surface area contributed by atoms with Crippen LogP contribution in [0.25, 0.3) is 6.08 Å². The quantitative estimate of drug-likeness (QED) is 0.357. The molecule has 4 nitrogen and oxygen atoms in total. The van der Waals surface area contributed by atoms with Crippen molar-refractivity contribution < 1.29 is 27.8 Å². The molecule has 0 aliphatic carbocycles. The van der Waals surface area contributed by atoms with Crippen LogP contribution in [0.2, 0.25) is 0 Å². The molecule has 0 radical (unpaired) electrons. The second-order valence-corrected chi connectivity index (χ2v) is 3.21. The Morgan fingerprint density at radius 1 is 1.11 bits per heavy atom. The Labute approximate surface area is 102 Å². The van der Waals surface area contributed by atoms with Crippen molar-refractivity contribution >= 4 is 18.0 Å². The molecule has 18 heavy (non-hydrogen) atoms. The summed E-state index contributed by atoms with van der Waals surface area (Å²) in [6.45, 7) is 0. The van der Waals surface area contributed by atoms with Crippen LogP contribution in [0.5, 0.6) is 0 Å². The lowest BCUT2D eigenvalue weighted by Gasteiger charge is -2.04. The molecule has 0 spiro atoms. The molecule has 0 amide bonds. The zero-order valence-corrected chi connectivity index (χ0v) is 9.70. The molecule has 0 fully saturated rings. The minimum atomic E-state index is -0.967. The van der Waals surface area contributed by atoms with E-state index in [0.29, 0.717) is 6.07 Å². The number of carbonyl (C=O) groups excluding carboxylic acids is 2. The predicted molar refractivity (Wildman–Crippen MR) is 58.4 cm³/mol. The summed E-state index contributed by atoms with van der Waals surface area (Å²) in [5, 5.41) is 0. The van der Waals surface area contributed by atoms with Gasteiger partial charge in [0.25, 0.3) is 0 Å². The van der Waals surface area contributed by atoms with Gasteiger partial charge in [-0.2, -0.15) is 0 Å². The number of benzene rings is 1. The minimum absolute atomic E-state index is 0.123. The number of methoxy groups -OCH3 is 2. The summed E-state index contributed by atoms with van der Waals surface area (Å²) in [7, 11) is 2.14. The lowest BCUT2D eigenvalue weighted by atomic mass is 10.1. The van der Waals surface area contributed by atoms with Crippen LogP contribution in [-0.4, -0.2) is 26.2 Å². The average molecular weight is 256 g/mol. The maximum atomic E-state index is 13.4. The third-order valence-corrected chi connectivity index (χ3v) is 2.07. The highest BCUT2D eigenvalue weighted by Gasteiger charge is 2.20. The van der Waals surface area contributed by atoms with Gasteiger partial charge in [-0.15, -0.1) is 0 Å². The van der Waals surface area contributed by atoms with Crippen molar-refractivity contribution in [2.24, 2.45) is 0 Å². The van der Waals surface area contributed by atoms with Crippen LogP contribution in [0.3, 0.4) is 0 Å². The molecule has 1 rings (SSSR count). The van der Waals surface area contributed by atoms with Gasteiger partial charge in [0.2, 0.25) is 0 Å². The fourth-order valence-electron chi connectivity index (χ4n) is 1.20. The van der Waals surface area contributed by atoms with Crippen molar-refractivity contribution in [3.05, 3.63) is 41.0 Å². The van der Waals surface area contributed by atoms with Crippen molar-refractivity contribution in [1.29, 1.82) is 0 Å². The summed E-state index contributed by atoms with van der Waals surface area (Å²) in [6, 6.07) is 2.73. The van der Waals surface area contributed by atoms with Crippen molar-refractivity contribution in [3.63, 3.8) is 0 Å². The Kier molecular flexibility index (Phi) is 4.53. The Hall–Kier alpha value is -2.24. The first-order valence-electron chi connectivity index (χ1n) is 4.83. The van der Waals surface area contributed by atoms with E-state index in [2.05, 4.69) is 9.47 Å². The molecule has 1 aromatic rings. The van der Waals surface area contributed by atoms with Gasteiger partial charge in [-0.05, 0) is 18.2 Å². The summed E-state index contributed by atoms with van der Waals surface area (Å²) in [5.74, 6) is -3.60. The Morgan fingerprint density at radius 2 is 1.67 bits per heavy atom. The van der Waals surface area contributed by atoms with E-state index >= 15 is 0 Å². The molecule has 0 heterocycles. The maximum absolute atomic E-state index is 13.4. The first kappa shape index (κ1) is 13.8. The lowest BCUT2D eigenvalue weighted by molar-refractivity contribution is -0.143. The van der Waals surface area contributed by atoms with Crippen LogP contribution < -0.4 is 0 Å². The highest BCUT2D eigenvalue weighted by atomic mass is 19.1. The van der Waals surface area contributed by atoms with Gasteiger partial charge in [-0.1, -0.05) is 0 Å². The van der Waals surface area contributed by atoms with E-state index < -0.39 is 29.1 Å². The molecular weight excluding hydrogens is 246 g/mol. The fraction of sp³-hybridized carbons (Fsp3) is 0.167. The molecule has 0 saturated heterocycles. The maximum Gasteiger partial charge on any atom is 0.345 e. The van der Waals surface area contributed by atoms with Crippen LogP contribution >= 0.6 is 0 Å². The van der Waals surface area contributed by atoms with Gasteiger partial charge in [0, 0.05) is 11.6 Å². The first-order chi connectivity index (χ1) is 8.49. The second-order valence-electron chi connectivity index (χ2n) is 3.21. The van der Waals surface area contributed by atoms with Crippen molar-refractivity contribution in [1.82, 2.24) is 0 Å². The number of esters is 2. The zero-order chi connectivity index (χ0) is 13.7. The molecule has 0 atom stereocenters. The van der Waals surface area contributed by atoms with E-state index in [0.717, 1.165) is 32.4 Å². The first-order valence-corrected chi connectivity index (χ1v) is 4.83. The Bertz CT molecular complexity index is 491. The van der Waals surface area contributed by atoms with Crippen LogP contribution in [0.4, 0.5) is 8.78 Å². The third kappa shape index (κ3) is 3.13. The van der Waals surface area contributed by atoms with Gasteiger partial charge in [0.05, 0.1) is 14.2 Å². The summed E-state index contributed by atoms with van der Waals surface area (Å²) >= 11 is 0. The number of hydrogen-bond acceptors (Lipinski definition) is 4. The molecule has 0 bridgehead atoms. The number of hydrogen-bond donors (Lipinski definition) is 0. The predicted octanol–water partition coefficient (Wildman–Crippen LogP) is 1.69. The van der Waals surface area contributed by atoms with E-state index in [1.165, 1.54) is 0 Å². The highest BCUT2D eigenvalue weighted by Crippen LogP contribution is 2.15. The number of carbonyl (C=O) groups is 2. The van der Waals surface area contributed by atoms with Crippen molar-refractivity contribution in [3.8, 4) is 0 Å². The molecule has 0 aliphatic heterocycles. The van der Waals surface area contributed by atoms with E-state index in [1.807, 2.05) is 0 Å². The molecular formula is C12H10F2O4. The number of rotatable bonds is 3. The Morgan fingerprint density at radius 3 is 2.11 bits per heavy atom. The summed E-state index contributed by atoms with van der Waals surface area (Å²) in [4.78, 5) is 22.6. The highest BCUT2D eigenvalue weighted by molar-refractivity contribution is 6.17. The van der Waals surface area contributed by atoms with Crippen LogP contribution in [-0.2, 0) is 19.1 Å². The zero-order valence-electron chi connectivity index (χ0n) is 9.70. The van der Waals surface area contributed by atoms with E-state index in [4.69, 9.17) is 0 Å². The monoisotopic (exact) mass is 256 g/mol. The summed E-state index contributed by atoms with van der Waals surface area (Å²) in [5.41, 5.74) is -0.604. The van der Waals surface area contributed by atoms with Gasteiger partial charge in [-0.3, -0.25) is 0 Å². The number of halogens is 2. The van der Waals surface area contributed by atoms with Crippen molar-refractivity contribution in [2.75, 3.05) is 14.2 Å². The normalized spacial score (nSPS) is 9.56. The molecule has 1 aromatic carbocycles. The topological polar surface area (TPSA) is 52.6 Å². The van der Waals surface area contributed by atoms with Gasteiger partial charge in [-0.25, -0.2) is 18.4 Å². The van der Waals surface area contributed by atoms with Crippen LogP contribution in [0.1, 0.15) is 5.56 Å². The summed E-state index contributed by atoms with van der Waals surface area (Å²) in [6.07, 6.45) is 0.937. The molecule has 96 valence electrons. The van der Waals surface area contributed by atoms with Crippen LogP contribution in [0, 0.1) is 11.6 Å². The van der Waals surface area contributed by atoms with Gasteiger partial charge < -0.3 is 9.47 Å². The molecule has 0 N–H and O–H groups in total. The SMILES string of the molecule is COC(=O)C(=Cc1ccc(F)cc1F)C(=O)OC. The van der Waals surface area contributed by atoms with E-state index in [1.54, 1.807) is 0 Å². The van der Waals surface area contributed by atoms with E-state index in [9.17, 15) is 18.4 Å². The Balaban J connectivity index is 3.23. The fourth-order valence-corrected chi connectivity index (χ4v) is 1.20. The van der Waals surface area contributed by atoms with E-state index in [-0.39, 0.29) is 5.56 Å². The largest absolute Gasteiger partial charge is 0.465 e. The summed E-state index contributed by atoms with van der Waals surface area (Å²) < 4.78 is 34.8. The molecule has 0 unspecified atom stereocenters. The average Bonchev–Trinajstić information content (AvgIpc) is 2.36. The number of ether oxygens (including phenoxy) is 2. The minimum Gasteiger partial charge on any atom is -0.465 e. The second kappa shape index (κ2) is 5.90.